The number of imidazole rings is 1. The maximum Gasteiger partial charge on any atom is 0.328 e. The highest BCUT2D eigenvalue weighted by Gasteiger charge is 2.36. The van der Waals surface area contributed by atoms with Crippen molar-refractivity contribution in [3.8, 4) is 0 Å². The summed E-state index contributed by atoms with van der Waals surface area (Å²) in [6, 6.07) is 13.3. The number of fused-ring (bicyclic) bond motifs is 1. The van der Waals surface area contributed by atoms with Crippen molar-refractivity contribution >= 4 is 45.0 Å². The Balaban J connectivity index is 1.29. The van der Waals surface area contributed by atoms with Crippen LogP contribution in [0.3, 0.4) is 0 Å². The van der Waals surface area contributed by atoms with Crippen molar-refractivity contribution in [2.45, 2.75) is 19.8 Å². The van der Waals surface area contributed by atoms with Crippen molar-refractivity contribution in [1.82, 2.24) is 14.0 Å². The molecule has 7 rings (SSSR count). The number of imide groups is 1. The molecule has 1 aromatic heterocycles. The smallest absolute Gasteiger partial charge is 0.328 e. The van der Waals surface area contributed by atoms with E-state index in [0.717, 1.165) is 59.6 Å². The van der Waals surface area contributed by atoms with Crippen LogP contribution < -0.4 is 15.5 Å². The second-order valence-electron chi connectivity index (χ2n) is 11.1. The van der Waals surface area contributed by atoms with Gasteiger partial charge in [0.1, 0.15) is 0 Å². The van der Waals surface area contributed by atoms with Gasteiger partial charge >= 0.3 is 5.69 Å². The van der Waals surface area contributed by atoms with Crippen LogP contribution in [0, 0.1) is 12.8 Å². The fourth-order valence-electron chi connectivity index (χ4n) is 6.29. The van der Waals surface area contributed by atoms with Crippen LogP contribution in [-0.2, 0) is 14.1 Å². The summed E-state index contributed by atoms with van der Waals surface area (Å²) < 4.78 is 3.12. The van der Waals surface area contributed by atoms with Gasteiger partial charge in [-0.1, -0.05) is 12.1 Å². The minimum atomic E-state index is -0.331. The lowest BCUT2D eigenvalue weighted by molar-refractivity contribution is 0.0893. The molecule has 1 saturated carbocycles. The van der Waals surface area contributed by atoms with Crippen molar-refractivity contribution in [3.63, 3.8) is 0 Å². The number of aromatic nitrogens is 2. The van der Waals surface area contributed by atoms with Crippen LogP contribution in [0.25, 0.3) is 21.8 Å². The molecule has 194 valence electrons. The van der Waals surface area contributed by atoms with E-state index in [4.69, 9.17) is 0 Å². The first kappa shape index (κ1) is 23.2. The molecule has 3 aliphatic rings. The van der Waals surface area contributed by atoms with E-state index in [1.165, 1.54) is 24.3 Å². The van der Waals surface area contributed by atoms with Crippen LogP contribution in [0.5, 0.6) is 0 Å². The maximum absolute atomic E-state index is 13.9. The molecule has 1 aliphatic carbocycles. The highest BCUT2D eigenvalue weighted by Crippen LogP contribution is 2.39. The number of hydrogen-bond acceptors (Lipinski definition) is 5. The van der Waals surface area contributed by atoms with Gasteiger partial charge in [-0.3, -0.25) is 23.6 Å². The zero-order valence-corrected chi connectivity index (χ0v) is 22.0. The average molecular weight is 510 g/mol. The SMILES string of the molecule is Cc1cc2c(cc1N1C(=O)c3cccc4c(N5CCN(CC6CC6)CC5)ccc(c34)C1=O)n(C)c(=O)n2C. The Morgan fingerprint density at radius 1 is 0.789 bits per heavy atom. The van der Waals surface area contributed by atoms with E-state index >= 15 is 0 Å². The summed E-state index contributed by atoms with van der Waals surface area (Å²) in [7, 11) is 3.43. The molecule has 0 spiro atoms. The second kappa shape index (κ2) is 8.30. The van der Waals surface area contributed by atoms with E-state index in [-0.39, 0.29) is 17.5 Å². The summed E-state index contributed by atoms with van der Waals surface area (Å²) in [5.74, 6) is 0.226. The molecule has 3 heterocycles. The lowest BCUT2D eigenvalue weighted by Gasteiger charge is -2.37. The number of aryl methyl sites for hydroxylation is 3. The van der Waals surface area contributed by atoms with E-state index in [9.17, 15) is 14.4 Å². The highest BCUT2D eigenvalue weighted by atomic mass is 16.2. The van der Waals surface area contributed by atoms with Gasteiger partial charge in [0, 0.05) is 74.4 Å². The minimum Gasteiger partial charge on any atom is -0.368 e. The lowest BCUT2D eigenvalue weighted by Crippen LogP contribution is -2.47. The van der Waals surface area contributed by atoms with Crippen molar-refractivity contribution < 1.29 is 9.59 Å². The van der Waals surface area contributed by atoms with Gasteiger partial charge in [-0.25, -0.2) is 9.69 Å². The summed E-state index contributed by atoms with van der Waals surface area (Å²) in [6.45, 7) is 7.03. The van der Waals surface area contributed by atoms with Gasteiger partial charge in [0.15, 0.2) is 0 Å². The zero-order chi connectivity index (χ0) is 26.3. The number of carbonyl (C=O) groups excluding carboxylic acids is 2. The van der Waals surface area contributed by atoms with Gasteiger partial charge in [-0.05, 0) is 61.6 Å². The third-order valence-electron chi connectivity index (χ3n) is 8.64. The maximum atomic E-state index is 13.9. The Bertz CT molecular complexity index is 1700. The third-order valence-corrected chi connectivity index (χ3v) is 8.64. The Morgan fingerprint density at radius 3 is 2.13 bits per heavy atom. The molecular formula is C30H31N5O3. The quantitative estimate of drug-likeness (QED) is 0.393. The van der Waals surface area contributed by atoms with E-state index in [2.05, 4.69) is 9.80 Å². The van der Waals surface area contributed by atoms with Crippen LogP contribution in [-0.4, -0.2) is 58.6 Å². The number of nitrogens with zero attached hydrogens (tertiary/aromatic N) is 5. The number of piperazine rings is 1. The predicted molar refractivity (Wildman–Crippen MR) is 149 cm³/mol. The fraction of sp³-hybridized carbons (Fsp3) is 0.367. The van der Waals surface area contributed by atoms with E-state index in [1.54, 1.807) is 29.3 Å². The molecule has 0 N–H and O–H groups in total. The van der Waals surface area contributed by atoms with Gasteiger partial charge < -0.3 is 4.90 Å². The molecule has 0 unspecified atom stereocenters. The molecule has 0 bridgehead atoms. The van der Waals surface area contributed by atoms with Crippen molar-refractivity contribution in [2.24, 2.45) is 20.0 Å². The van der Waals surface area contributed by atoms with Crippen molar-refractivity contribution in [1.29, 1.82) is 0 Å². The first-order valence-corrected chi connectivity index (χ1v) is 13.4. The molecule has 3 aromatic carbocycles. The molecule has 38 heavy (non-hydrogen) atoms. The van der Waals surface area contributed by atoms with E-state index in [0.29, 0.717) is 22.3 Å². The molecular weight excluding hydrogens is 478 g/mol. The van der Waals surface area contributed by atoms with Crippen LogP contribution >= 0.6 is 0 Å². The Hall–Kier alpha value is -3.91. The second-order valence-corrected chi connectivity index (χ2v) is 11.1. The number of benzene rings is 3. The fourth-order valence-corrected chi connectivity index (χ4v) is 6.29. The third kappa shape index (κ3) is 3.36. The van der Waals surface area contributed by atoms with Crippen LogP contribution in [0.1, 0.15) is 39.1 Å². The number of anilines is 2. The van der Waals surface area contributed by atoms with E-state index in [1.807, 2.05) is 43.3 Å². The Kier molecular flexibility index (Phi) is 5.07. The number of rotatable bonds is 4. The van der Waals surface area contributed by atoms with Crippen LogP contribution in [0.2, 0.25) is 0 Å². The standard InChI is InChI=1S/C30H31N5O3/c1-18-15-25-26(32(3)30(38)31(25)2)16-24(18)35-28(36)21-6-4-5-20-23(10-9-22(27(20)21)29(35)37)34-13-11-33(12-14-34)17-19-7-8-19/h4-6,9-10,15-16,19H,7-8,11-14,17H2,1-3H3. The molecule has 2 fully saturated rings. The summed E-state index contributed by atoms with van der Waals surface area (Å²) in [4.78, 5) is 46.6. The van der Waals surface area contributed by atoms with Gasteiger partial charge in [0.05, 0.1) is 16.7 Å². The first-order chi connectivity index (χ1) is 18.3. The highest BCUT2D eigenvalue weighted by molar-refractivity contribution is 6.36. The number of amides is 2. The minimum absolute atomic E-state index is 0.149. The monoisotopic (exact) mass is 509 g/mol. The summed E-state index contributed by atoms with van der Waals surface area (Å²) in [5.41, 5.74) is 4.72. The van der Waals surface area contributed by atoms with Crippen molar-refractivity contribution in [3.05, 3.63) is 69.6 Å². The van der Waals surface area contributed by atoms with E-state index < -0.39 is 0 Å². The Labute approximate surface area is 220 Å². The summed E-state index contributed by atoms with van der Waals surface area (Å²) in [6.07, 6.45) is 2.73. The first-order valence-electron chi connectivity index (χ1n) is 13.4. The summed E-state index contributed by atoms with van der Waals surface area (Å²) in [5, 5.41) is 1.69. The van der Waals surface area contributed by atoms with Gasteiger partial charge in [-0.2, -0.15) is 0 Å². The topological polar surface area (TPSA) is 70.8 Å². The molecule has 2 amide bonds. The Morgan fingerprint density at radius 2 is 1.45 bits per heavy atom. The molecule has 8 nitrogen and oxygen atoms in total. The normalized spacial score (nSPS) is 18.3. The molecule has 4 aromatic rings. The molecule has 0 radical (unpaired) electrons. The molecule has 8 heteroatoms. The largest absolute Gasteiger partial charge is 0.368 e. The zero-order valence-electron chi connectivity index (χ0n) is 22.0. The van der Waals surface area contributed by atoms with Crippen LogP contribution in [0.4, 0.5) is 11.4 Å². The average Bonchev–Trinajstić information content (AvgIpc) is 3.72. The lowest BCUT2D eigenvalue weighted by atomic mass is 9.92. The molecule has 2 aliphatic heterocycles. The van der Waals surface area contributed by atoms with Crippen molar-refractivity contribution in [2.75, 3.05) is 42.5 Å². The summed E-state index contributed by atoms with van der Waals surface area (Å²) >= 11 is 0. The predicted octanol–water partition coefficient (Wildman–Crippen LogP) is 3.67. The van der Waals surface area contributed by atoms with Crippen LogP contribution in [0.15, 0.2) is 47.3 Å². The van der Waals surface area contributed by atoms with Gasteiger partial charge in [0.25, 0.3) is 11.8 Å². The molecule has 0 atom stereocenters. The number of hydrogen-bond donors (Lipinski definition) is 0. The van der Waals surface area contributed by atoms with Gasteiger partial charge in [0.2, 0.25) is 0 Å². The number of carbonyl (C=O) groups is 2. The van der Waals surface area contributed by atoms with Gasteiger partial charge in [-0.15, -0.1) is 0 Å². The molecule has 1 saturated heterocycles.